The molecule has 2 N–H and O–H groups in total. The Morgan fingerprint density at radius 2 is 1.84 bits per heavy atom. The SMILES string of the molecule is O=C(CSc1nnc(N2CCOCC2)n1Cc1ccccc1)NC(=O)NCC(F)(F)F. The minimum Gasteiger partial charge on any atom is -0.378 e. The molecule has 0 spiro atoms. The lowest BCUT2D eigenvalue weighted by atomic mass is 10.2. The summed E-state index contributed by atoms with van der Waals surface area (Å²) in [6, 6.07) is 8.43. The third-order valence-corrected chi connectivity index (χ3v) is 5.18. The van der Waals surface area contributed by atoms with Crippen LogP contribution in [0.25, 0.3) is 0 Å². The number of hydrogen-bond donors (Lipinski definition) is 2. The number of rotatable bonds is 7. The van der Waals surface area contributed by atoms with E-state index in [2.05, 4.69) is 10.2 Å². The second-order valence-electron chi connectivity index (χ2n) is 6.59. The molecule has 1 fully saturated rings. The van der Waals surface area contributed by atoms with Gasteiger partial charge in [-0.3, -0.25) is 14.7 Å². The van der Waals surface area contributed by atoms with Crippen LogP contribution >= 0.6 is 11.8 Å². The number of carbonyl (C=O) groups is 2. The average Bonchev–Trinajstić information content (AvgIpc) is 3.14. The Balaban J connectivity index is 1.65. The van der Waals surface area contributed by atoms with Gasteiger partial charge in [-0.1, -0.05) is 42.1 Å². The van der Waals surface area contributed by atoms with Gasteiger partial charge >= 0.3 is 12.2 Å². The zero-order valence-electron chi connectivity index (χ0n) is 16.4. The molecule has 0 radical (unpaired) electrons. The van der Waals surface area contributed by atoms with Gasteiger partial charge in [-0.15, -0.1) is 10.2 Å². The second kappa shape index (κ2) is 10.5. The number of hydrogen-bond acceptors (Lipinski definition) is 7. The monoisotopic (exact) mass is 458 g/mol. The lowest BCUT2D eigenvalue weighted by molar-refractivity contribution is -0.124. The van der Waals surface area contributed by atoms with Crippen molar-refractivity contribution in [3.8, 4) is 0 Å². The van der Waals surface area contributed by atoms with E-state index in [-0.39, 0.29) is 5.75 Å². The number of morpholine rings is 1. The molecule has 1 aromatic carbocycles. The number of aromatic nitrogens is 3. The first-order valence-corrected chi connectivity index (χ1v) is 10.4. The highest BCUT2D eigenvalue weighted by atomic mass is 32.2. The number of anilines is 1. The van der Waals surface area contributed by atoms with Gasteiger partial charge in [0.25, 0.3) is 0 Å². The number of nitrogens with zero attached hydrogens (tertiary/aromatic N) is 4. The predicted octanol–water partition coefficient (Wildman–Crippen LogP) is 1.64. The molecule has 3 rings (SSSR count). The number of thioether (sulfide) groups is 1. The van der Waals surface area contributed by atoms with Crippen LogP contribution in [0.3, 0.4) is 0 Å². The van der Waals surface area contributed by atoms with Gasteiger partial charge in [-0.2, -0.15) is 13.2 Å². The summed E-state index contributed by atoms with van der Waals surface area (Å²) in [5.74, 6) is -0.319. The summed E-state index contributed by atoms with van der Waals surface area (Å²) in [6.45, 7) is 1.38. The van der Waals surface area contributed by atoms with Crippen LogP contribution in [0.1, 0.15) is 5.56 Å². The van der Waals surface area contributed by atoms with E-state index in [1.165, 1.54) is 0 Å². The van der Waals surface area contributed by atoms with Crippen LogP contribution in [0, 0.1) is 0 Å². The number of urea groups is 1. The maximum atomic E-state index is 12.1. The molecule has 9 nitrogen and oxygen atoms in total. The van der Waals surface area contributed by atoms with Crippen LogP contribution in [-0.4, -0.2) is 71.5 Å². The number of carbonyl (C=O) groups excluding carboxylic acids is 2. The number of alkyl halides is 3. The summed E-state index contributed by atoms with van der Waals surface area (Å²) in [4.78, 5) is 25.4. The topological polar surface area (TPSA) is 101 Å². The van der Waals surface area contributed by atoms with Crippen LogP contribution in [0.2, 0.25) is 0 Å². The zero-order valence-corrected chi connectivity index (χ0v) is 17.2. The van der Waals surface area contributed by atoms with E-state index in [0.717, 1.165) is 17.3 Å². The van der Waals surface area contributed by atoms with Crippen LogP contribution < -0.4 is 15.5 Å². The maximum Gasteiger partial charge on any atom is 0.405 e. The first-order valence-electron chi connectivity index (χ1n) is 9.39. The normalized spacial score (nSPS) is 14.4. The lowest BCUT2D eigenvalue weighted by Crippen LogP contribution is -2.44. The molecule has 168 valence electrons. The molecule has 1 saturated heterocycles. The van der Waals surface area contributed by atoms with E-state index in [9.17, 15) is 22.8 Å². The van der Waals surface area contributed by atoms with Gasteiger partial charge in [0, 0.05) is 13.1 Å². The lowest BCUT2D eigenvalue weighted by Gasteiger charge is -2.28. The molecule has 1 aliphatic rings. The van der Waals surface area contributed by atoms with Crippen LogP contribution in [-0.2, 0) is 16.1 Å². The number of amides is 3. The molecule has 1 aliphatic heterocycles. The number of ether oxygens (including phenoxy) is 1. The Labute approximate surface area is 180 Å². The largest absolute Gasteiger partial charge is 0.405 e. The minimum atomic E-state index is -4.56. The molecule has 2 heterocycles. The fourth-order valence-corrected chi connectivity index (χ4v) is 3.54. The van der Waals surface area contributed by atoms with E-state index in [4.69, 9.17) is 4.74 Å². The van der Waals surface area contributed by atoms with Crippen molar-refractivity contribution in [2.75, 3.05) is 43.5 Å². The standard InChI is InChI=1S/C18H21F3N6O3S/c19-18(20,21)12-22-15(29)23-14(28)11-31-17-25-24-16(26-6-8-30-9-7-26)27(17)10-13-4-2-1-3-5-13/h1-5H,6-12H2,(H2,22,23,28,29). The smallest absolute Gasteiger partial charge is 0.378 e. The Morgan fingerprint density at radius 1 is 1.13 bits per heavy atom. The number of imide groups is 1. The second-order valence-corrected chi connectivity index (χ2v) is 7.53. The maximum absolute atomic E-state index is 12.1. The minimum absolute atomic E-state index is 0.213. The van der Waals surface area contributed by atoms with Gasteiger partial charge in [0.15, 0.2) is 5.16 Å². The van der Waals surface area contributed by atoms with E-state index in [1.54, 1.807) is 5.32 Å². The summed E-state index contributed by atoms with van der Waals surface area (Å²) in [7, 11) is 0. The van der Waals surface area contributed by atoms with Crippen LogP contribution in [0.5, 0.6) is 0 Å². The molecular formula is C18H21F3N6O3S. The first kappa shape index (κ1) is 22.9. The van der Waals surface area contributed by atoms with Gasteiger partial charge in [0.2, 0.25) is 11.9 Å². The van der Waals surface area contributed by atoms with Gasteiger partial charge in [-0.05, 0) is 5.56 Å². The molecule has 0 saturated carbocycles. The summed E-state index contributed by atoms with van der Waals surface area (Å²) in [5.41, 5.74) is 1.01. The van der Waals surface area contributed by atoms with Crippen molar-refractivity contribution >= 4 is 29.6 Å². The molecule has 0 aliphatic carbocycles. The summed E-state index contributed by atoms with van der Waals surface area (Å²) >= 11 is 1.04. The zero-order chi connectivity index (χ0) is 22.3. The van der Waals surface area contributed by atoms with Crippen molar-refractivity contribution in [1.29, 1.82) is 0 Å². The van der Waals surface area contributed by atoms with E-state index < -0.39 is 24.7 Å². The first-order chi connectivity index (χ1) is 14.8. The van der Waals surface area contributed by atoms with Gasteiger partial charge < -0.3 is 15.0 Å². The third kappa shape index (κ3) is 7.14. The van der Waals surface area contributed by atoms with Gasteiger partial charge in [0.1, 0.15) is 6.54 Å². The molecule has 2 aromatic rings. The summed E-state index contributed by atoms with van der Waals surface area (Å²) in [5, 5.41) is 12.3. The highest BCUT2D eigenvalue weighted by Gasteiger charge is 2.28. The van der Waals surface area contributed by atoms with Gasteiger partial charge in [-0.25, -0.2) is 4.79 Å². The quantitative estimate of drug-likeness (QED) is 0.609. The number of nitrogens with one attached hydrogen (secondary N) is 2. The van der Waals surface area contributed by atoms with E-state index in [0.29, 0.717) is 44.0 Å². The number of halogens is 3. The van der Waals surface area contributed by atoms with Crippen molar-refractivity contribution < 1.29 is 27.5 Å². The molecule has 0 bridgehead atoms. The van der Waals surface area contributed by atoms with Crippen LogP contribution in [0.15, 0.2) is 35.5 Å². The van der Waals surface area contributed by atoms with E-state index >= 15 is 0 Å². The fraction of sp³-hybridized carbons (Fsp3) is 0.444. The van der Waals surface area contributed by atoms with Crippen molar-refractivity contribution in [3.05, 3.63) is 35.9 Å². The Kier molecular flexibility index (Phi) is 7.74. The molecular weight excluding hydrogens is 437 g/mol. The van der Waals surface area contributed by atoms with Crippen molar-refractivity contribution in [3.63, 3.8) is 0 Å². The van der Waals surface area contributed by atoms with Crippen molar-refractivity contribution in [2.45, 2.75) is 17.9 Å². The summed E-state index contributed by atoms with van der Waals surface area (Å²) in [6.07, 6.45) is -4.56. The molecule has 31 heavy (non-hydrogen) atoms. The highest BCUT2D eigenvalue weighted by molar-refractivity contribution is 7.99. The van der Waals surface area contributed by atoms with E-state index in [1.807, 2.05) is 45.1 Å². The highest BCUT2D eigenvalue weighted by Crippen LogP contribution is 2.24. The third-order valence-electron chi connectivity index (χ3n) is 4.21. The number of benzene rings is 1. The van der Waals surface area contributed by atoms with Crippen molar-refractivity contribution in [1.82, 2.24) is 25.4 Å². The molecule has 3 amide bonds. The van der Waals surface area contributed by atoms with Gasteiger partial charge in [0.05, 0.1) is 25.5 Å². The average molecular weight is 458 g/mol. The Hall–Kier alpha value is -2.80. The summed E-state index contributed by atoms with van der Waals surface area (Å²) < 4.78 is 43.7. The molecule has 0 atom stereocenters. The Morgan fingerprint density at radius 3 is 2.52 bits per heavy atom. The molecule has 1 aromatic heterocycles. The fourth-order valence-electron chi connectivity index (χ4n) is 2.81. The molecule has 0 unspecified atom stereocenters. The molecule has 13 heteroatoms. The van der Waals surface area contributed by atoms with Crippen molar-refractivity contribution in [2.24, 2.45) is 0 Å². The van der Waals surface area contributed by atoms with Crippen LogP contribution in [0.4, 0.5) is 23.9 Å². The predicted molar refractivity (Wildman–Crippen MR) is 107 cm³/mol. The Bertz CT molecular complexity index is 887.